The topological polar surface area (TPSA) is 139 Å². The zero-order valence-electron chi connectivity index (χ0n) is 13.5. The largest absolute Gasteiger partial charge is 0.380 e. The number of allylic oxidation sites excluding steroid dienone is 2. The number of nitrogens with two attached hydrogens (primary N) is 2. The van der Waals surface area contributed by atoms with Crippen LogP contribution in [0.5, 0.6) is 11.5 Å². The van der Waals surface area contributed by atoms with Crippen LogP contribution in [0.25, 0.3) is 5.57 Å². The molecular formula is C16H16N2O6S2. The molecule has 0 radical (unpaired) electrons. The number of benzene rings is 2. The van der Waals surface area contributed by atoms with E-state index < -0.39 is 20.6 Å². The lowest BCUT2D eigenvalue weighted by molar-refractivity contribution is 0.485. The molecule has 4 N–H and O–H groups in total. The number of fused-ring (bicyclic) bond motifs is 1. The fourth-order valence-corrected chi connectivity index (χ4v) is 3.51. The van der Waals surface area contributed by atoms with Crippen LogP contribution < -0.4 is 18.6 Å². The summed E-state index contributed by atoms with van der Waals surface area (Å²) in [6, 6.07) is 11.6. The molecule has 3 rings (SSSR count). The molecule has 0 heterocycles. The van der Waals surface area contributed by atoms with Crippen molar-refractivity contribution in [2.45, 2.75) is 12.8 Å². The Bertz CT molecular complexity index is 1090. The van der Waals surface area contributed by atoms with E-state index in [1.165, 1.54) is 12.1 Å². The van der Waals surface area contributed by atoms with E-state index in [9.17, 15) is 16.8 Å². The maximum Gasteiger partial charge on any atom is 0.380 e. The predicted octanol–water partition coefficient (Wildman–Crippen LogP) is 1.03. The Morgan fingerprint density at radius 2 is 1.46 bits per heavy atom. The van der Waals surface area contributed by atoms with Crippen molar-refractivity contribution in [1.29, 1.82) is 0 Å². The molecule has 8 nitrogen and oxygen atoms in total. The van der Waals surface area contributed by atoms with Gasteiger partial charge in [0, 0.05) is 0 Å². The van der Waals surface area contributed by atoms with E-state index in [4.69, 9.17) is 14.5 Å². The number of rotatable bonds is 5. The minimum Gasteiger partial charge on any atom is -0.371 e. The Morgan fingerprint density at radius 1 is 0.808 bits per heavy atom. The van der Waals surface area contributed by atoms with E-state index in [1.54, 1.807) is 24.3 Å². The summed E-state index contributed by atoms with van der Waals surface area (Å²) in [5.41, 5.74) is 3.72. The highest BCUT2D eigenvalue weighted by Gasteiger charge is 2.16. The van der Waals surface area contributed by atoms with Crippen molar-refractivity contribution in [2.75, 3.05) is 0 Å². The zero-order valence-corrected chi connectivity index (χ0v) is 15.1. The molecule has 0 aromatic heterocycles. The lowest BCUT2D eigenvalue weighted by atomic mass is 9.88. The fraction of sp³-hybridized carbons (Fsp3) is 0.125. The van der Waals surface area contributed by atoms with Gasteiger partial charge in [0.05, 0.1) is 0 Å². The summed E-state index contributed by atoms with van der Waals surface area (Å²) in [5.74, 6) is 0.292. The average molecular weight is 396 g/mol. The van der Waals surface area contributed by atoms with Crippen LogP contribution in [-0.4, -0.2) is 16.8 Å². The number of hydrogen-bond donors (Lipinski definition) is 2. The first-order valence-electron chi connectivity index (χ1n) is 7.45. The van der Waals surface area contributed by atoms with E-state index in [0.29, 0.717) is 12.8 Å². The maximum atomic E-state index is 11.1. The molecule has 1 aliphatic carbocycles. The second-order valence-electron chi connectivity index (χ2n) is 5.72. The second kappa shape index (κ2) is 6.72. The first-order chi connectivity index (χ1) is 12.1. The Balaban J connectivity index is 1.83. The molecule has 1 aliphatic rings. The molecular weight excluding hydrogens is 380 g/mol. The summed E-state index contributed by atoms with van der Waals surface area (Å²) < 4.78 is 53.5. The predicted molar refractivity (Wildman–Crippen MR) is 95.7 cm³/mol. The standard InChI is InChI=1S/C16H16N2O6S2/c17-25(19,20)23-15-3-1-2-11(9-15)12-4-5-14-10-16(24-26(18,21)22)7-6-13(14)8-12/h1-4,6-7,9-10H,5,8H2,(H2,17,19,20)(H2,18,21,22). The summed E-state index contributed by atoms with van der Waals surface area (Å²) in [5, 5.41) is 9.76. The van der Waals surface area contributed by atoms with Gasteiger partial charge in [-0.25, -0.2) is 0 Å². The Morgan fingerprint density at radius 3 is 2.12 bits per heavy atom. The van der Waals surface area contributed by atoms with Gasteiger partial charge >= 0.3 is 20.6 Å². The van der Waals surface area contributed by atoms with Gasteiger partial charge < -0.3 is 8.37 Å². The fourth-order valence-electron chi connectivity index (χ4n) is 2.76. The van der Waals surface area contributed by atoms with Gasteiger partial charge in [-0.15, -0.1) is 0 Å². The highest BCUT2D eigenvalue weighted by Crippen LogP contribution is 2.31. The van der Waals surface area contributed by atoms with Crippen LogP contribution in [0.3, 0.4) is 0 Å². The molecule has 10 heteroatoms. The highest BCUT2D eigenvalue weighted by atomic mass is 32.2. The number of hydrogen-bond acceptors (Lipinski definition) is 6. The third kappa shape index (κ3) is 4.82. The van der Waals surface area contributed by atoms with E-state index in [2.05, 4.69) is 4.18 Å². The molecule has 0 saturated carbocycles. The lowest BCUT2D eigenvalue weighted by Gasteiger charge is -2.18. The van der Waals surface area contributed by atoms with Gasteiger partial charge in [0.25, 0.3) is 0 Å². The smallest absolute Gasteiger partial charge is 0.371 e. The monoisotopic (exact) mass is 396 g/mol. The van der Waals surface area contributed by atoms with Gasteiger partial charge in [0.15, 0.2) is 0 Å². The SMILES string of the molecule is NS(=O)(=O)Oc1cccc(C2=CCc3cc(OS(N)(=O)=O)ccc3C2)c1. The van der Waals surface area contributed by atoms with Crippen LogP contribution in [0, 0.1) is 0 Å². The maximum absolute atomic E-state index is 11.1. The van der Waals surface area contributed by atoms with Gasteiger partial charge in [-0.2, -0.15) is 27.1 Å². The Hall–Kier alpha value is -2.40. The second-order valence-corrected chi connectivity index (χ2v) is 8.03. The normalized spacial score (nSPS) is 14.3. The molecule has 26 heavy (non-hydrogen) atoms. The van der Waals surface area contributed by atoms with Crippen molar-refractivity contribution < 1.29 is 25.2 Å². The third-order valence-electron chi connectivity index (χ3n) is 3.76. The minimum absolute atomic E-state index is 0.133. The van der Waals surface area contributed by atoms with Crippen molar-refractivity contribution in [2.24, 2.45) is 10.3 Å². The lowest BCUT2D eigenvalue weighted by Crippen LogP contribution is -2.19. The van der Waals surface area contributed by atoms with Crippen molar-refractivity contribution in [3.05, 3.63) is 65.2 Å². The van der Waals surface area contributed by atoms with Crippen LogP contribution in [0.4, 0.5) is 0 Å². The van der Waals surface area contributed by atoms with Crippen molar-refractivity contribution in [3.63, 3.8) is 0 Å². The molecule has 0 unspecified atom stereocenters. The summed E-state index contributed by atoms with van der Waals surface area (Å²) >= 11 is 0. The van der Waals surface area contributed by atoms with E-state index >= 15 is 0 Å². The molecule has 2 aromatic rings. The van der Waals surface area contributed by atoms with Crippen LogP contribution in [0.2, 0.25) is 0 Å². The highest BCUT2D eigenvalue weighted by molar-refractivity contribution is 7.85. The van der Waals surface area contributed by atoms with Crippen LogP contribution in [-0.2, 0) is 33.4 Å². The molecule has 0 atom stereocenters. The minimum atomic E-state index is -4.09. The Kier molecular flexibility index (Phi) is 4.76. The summed E-state index contributed by atoms with van der Waals surface area (Å²) in [7, 11) is -8.15. The van der Waals surface area contributed by atoms with Crippen LogP contribution >= 0.6 is 0 Å². The van der Waals surface area contributed by atoms with E-state index in [1.807, 2.05) is 12.1 Å². The van der Waals surface area contributed by atoms with E-state index in [-0.39, 0.29) is 11.5 Å². The average Bonchev–Trinajstić information content (AvgIpc) is 2.51. The molecule has 0 spiro atoms. The molecule has 0 bridgehead atoms. The molecule has 138 valence electrons. The summed E-state index contributed by atoms with van der Waals surface area (Å²) in [6.07, 6.45) is 3.12. The first-order valence-corrected chi connectivity index (χ1v) is 10.4. The Labute approximate surface area is 151 Å². The molecule has 0 amide bonds. The van der Waals surface area contributed by atoms with Gasteiger partial charge in [-0.3, -0.25) is 0 Å². The molecule has 0 aliphatic heterocycles. The van der Waals surface area contributed by atoms with Crippen molar-refractivity contribution >= 4 is 26.2 Å². The van der Waals surface area contributed by atoms with Gasteiger partial charge in [-0.05, 0) is 59.4 Å². The van der Waals surface area contributed by atoms with Gasteiger partial charge in [0.2, 0.25) is 0 Å². The molecule has 2 aromatic carbocycles. The van der Waals surface area contributed by atoms with Crippen LogP contribution in [0.1, 0.15) is 16.7 Å². The van der Waals surface area contributed by atoms with Gasteiger partial charge in [0.1, 0.15) is 11.5 Å². The van der Waals surface area contributed by atoms with E-state index in [0.717, 1.165) is 22.3 Å². The summed E-state index contributed by atoms with van der Waals surface area (Å²) in [4.78, 5) is 0. The molecule has 0 fully saturated rings. The zero-order chi connectivity index (χ0) is 18.9. The van der Waals surface area contributed by atoms with Gasteiger partial charge in [-0.1, -0.05) is 24.3 Å². The molecule has 0 saturated heterocycles. The van der Waals surface area contributed by atoms with Crippen molar-refractivity contribution in [3.8, 4) is 11.5 Å². The summed E-state index contributed by atoms with van der Waals surface area (Å²) in [6.45, 7) is 0. The quantitative estimate of drug-likeness (QED) is 0.774. The van der Waals surface area contributed by atoms with Crippen LogP contribution in [0.15, 0.2) is 48.5 Å². The first kappa shape index (κ1) is 18.4. The van der Waals surface area contributed by atoms with Crippen molar-refractivity contribution in [1.82, 2.24) is 0 Å². The third-order valence-corrected chi connectivity index (χ3v) is 4.61.